The van der Waals surface area contributed by atoms with Gasteiger partial charge in [0.1, 0.15) is 0 Å². The summed E-state index contributed by atoms with van der Waals surface area (Å²) >= 11 is 11.9. The lowest BCUT2D eigenvalue weighted by molar-refractivity contribution is 0.102. The van der Waals surface area contributed by atoms with E-state index in [2.05, 4.69) is 5.32 Å². The molecule has 1 fully saturated rings. The van der Waals surface area contributed by atoms with Gasteiger partial charge in [-0.3, -0.25) is 4.79 Å². The van der Waals surface area contributed by atoms with Crippen LogP contribution in [0.25, 0.3) is 0 Å². The number of carbonyl (C=O) groups excluding carboxylic acids is 1. The van der Waals surface area contributed by atoms with Gasteiger partial charge in [-0.15, -0.1) is 0 Å². The quantitative estimate of drug-likeness (QED) is 0.807. The molecule has 0 bridgehead atoms. The van der Waals surface area contributed by atoms with Crippen molar-refractivity contribution in [3.8, 4) is 0 Å². The Labute approximate surface area is 163 Å². The third kappa shape index (κ3) is 4.20. The van der Waals surface area contributed by atoms with Crippen LogP contribution in [-0.4, -0.2) is 31.7 Å². The van der Waals surface area contributed by atoms with Gasteiger partial charge in [-0.25, -0.2) is 8.42 Å². The maximum atomic E-state index is 13.0. The Kier molecular flexibility index (Phi) is 5.87. The topological polar surface area (TPSA) is 66.5 Å². The van der Waals surface area contributed by atoms with Crippen molar-refractivity contribution >= 4 is 44.8 Å². The fourth-order valence-corrected chi connectivity index (χ4v) is 5.18. The van der Waals surface area contributed by atoms with E-state index in [0.29, 0.717) is 28.8 Å². The van der Waals surface area contributed by atoms with Crippen molar-refractivity contribution in [1.82, 2.24) is 4.31 Å². The Bertz CT molecular complexity index is 906. The molecule has 0 radical (unpaired) electrons. The van der Waals surface area contributed by atoms with Gasteiger partial charge in [-0.05, 0) is 43.2 Å². The molecule has 1 heterocycles. The molecule has 0 saturated carbocycles. The zero-order valence-electron chi connectivity index (χ0n) is 13.9. The van der Waals surface area contributed by atoms with Crippen LogP contribution in [0.1, 0.15) is 29.6 Å². The largest absolute Gasteiger partial charge is 0.322 e. The number of nitrogens with zero attached hydrogens (tertiary/aromatic N) is 1. The van der Waals surface area contributed by atoms with Crippen molar-refractivity contribution in [3.05, 3.63) is 58.1 Å². The number of rotatable bonds is 4. The zero-order valence-corrected chi connectivity index (χ0v) is 16.2. The number of sulfonamides is 1. The molecule has 1 amide bonds. The number of halogens is 2. The van der Waals surface area contributed by atoms with Crippen molar-refractivity contribution in [3.63, 3.8) is 0 Å². The summed E-state index contributed by atoms with van der Waals surface area (Å²) in [7, 11) is -3.73. The van der Waals surface area contributed by atoms with E-state index in [1.165, 1.54) is 16.4 Å². The average Bonchev–Trinajstić information content (AvgIpc) is 2.61. The number of hydrogen-bond donors (Lipinski definition) is 1. The van der Waals surface area contributed by atoms with E-state index in [1.54, 1.807) is 30.3 Å². The van der Waals surface area contributed by atoms with Crippen molar-refractivity contribution in [2.24, 2.45) is 0 Å². The van der Waals surface area contributed by atoms with E-state index in [4.69, 9.17) is 23.2 Å². The first-order chi connectivity index (χ1) is 12.4. The Morgan fingerprint density at radius 1 is 0.962 bits per heavy atom. The van der Waals surface area contributed by atoms with Crippen LogP contribution in [0.4, 0.5) is 5.69 Å². The third-order valence-corrected chi connectivity index (χ3v) is 6.58. The predicted molar refractivity (Wildman–Crippen MR) is 103 cm³/mol. The van der Waals surface area contributed by atoms with E-state index in [9.17, 15) is 13.2 Å². The number of nitrogens with one attached hydrogen (secondary N) is 1. The molecule has 1 saturated heterocycles. The summed E-state index contributed by atoms with van der Waals surface area (Å²) < 4.78 is 27.4. The molecule has 0 unspecified atom stereocenters. The minimum absolute atomic E-state index is 0.00697. The summed E-state index contributed by atoms with van der Waals surface area (Å²) in [4.78, 5) is 12.7. The normalized spacial score (nSPS) is 15.6. The van der Waals surface area contributed by atoms with E-state index in [1.807, 2.05) is 0 Å². The molecule has 0 atom stereocenters. The zero-order chi connectivity index (χ0) is 18.7. The van der Waals surface area contributed by atoms with Crippen LogP contribution in [0, 0.1) is 0 Å². The average molecular weight is 413 g/mol. The standard InChI is InChI=1S/C18H18Cl2N2O3S/c19-13-10-14(20)12-15(11-13)21-18(23)16-6-2-3-7-17(16)26(24,25)22-8-4-1-5-9-22/h2-3,6-7,10-12H,1,4-5,8-9H2,(H,21,23). The molecule has 8 heteroatoms. The maximum absolute atomic E-state index is 13.0. The van der Waals surface area contributed by atoms with Crippen LogP contribution in [0.5, 0.6) is 0 Å². The fraction of sp³-hybridized carbons (Fsp3) is 0.278. The van der Waals surface area contributed by atoms with Crippen molar-refractivity contribution in [2.45, 2.75) is 24.2 Å². The van der Waals surface area contributed by atoms with Crippen LogP contribution in [0.3, 0.4) is 0 Å². The second-order valence-electron chi connectivity index (χ2n) is 6.07. The minimum atomic E-state index is -3.73. The number of benzene rings is 2. The van der Waals surface area contributed by atoms with Crippen molar-refractivity contribution < 1.29 is 13.2 Å². The number of carbonyl (C=O) groups is 1. The van der Waals surface area contributed by atoms with Gasteiger partial charge in [-0.1, -0.05) is 41.8 Å². The number of anilines is 1. The van der Waals surface area contributed by atoms with E-state index < -0.39 is 15.9 Å². The molecule has 0 aliphatic carbocycles. The summed E-state index contributed by atoms with van der Waals surface area (Å²) in [6.07, 6.45) is 2.67. The van der Waals surface area contributed by atoms with Gasteiger partial charge in [0.2, 0.25) is 10.0 Å². The molecular weight excluding hydrogens is 395 g/mol. The second kappa shape index (κ2) is 7.96. The molecular formula is C18H18Cl2N2O3S. The Hall–Kier alpha value is -1.60. The SMILES string of the molecule is O=C(Nc1cc(Cl)cc(Cl)c1)c1ccccc1S(=O)(=O)N1CCCCC1. The smallest absolute Gasteiger partial charge is 0.257 e. The molecule has 1 aliphatic heterocycles. The Morgan fingerprint density at radius 3 is 2.23 bits per heavy atom. The molecule has 0 aromatic heterocycles. The van der Waals surface area contributed by atoms with Gasteiger partial charge in [0.15, 0.2) is 0 Å². The molecule has 0 spiro atoms. The van der Waals surface area contributed by atoms with Gasteiger partial charge in [-0.2, -0.15) is 4.31 Å². The van der Waals surface area contributed by atoms with E-state index in [-0.39, 0.29) is 10.5 Å². The van der Waals surface area contributed by atoms with Crippen molar-refractivity contribution in [1.29, 1.82) is 0 Å². The van der Waals surface area contributed by atoms with Crippen LogP contribution in [0.2, 0.25) is 10.0 Å². The lowest BCUT2D eigenvalue weighted by Gasteiger charge is -2.26. The van der Waals surface area contributed by atoms with Gasteiger partial charge in [0.25, 0.3) is 5.91 Å². The molecule has 5 nitrogen and oxygen atoms in total. The lowest BCUT2D eigenvalue weighted by atomic mass is 10.2. The predicted octanol–water partition coefficient (Wildman–Crippen LogP) is 4.42. The third-order valence-electron chi connectivity index (χ3n) is 4.18. The minimum Gasteiger partial charge on any atom is -0.322 e. The lowest BCUT2D eigenvalue weighted by Crippen LogP contribution is -2.36. The first-order valence-corrected chi connectivity index (χ1v) is 10.4. The highest BCUT2D eigenvalue weighted by Crippen LogP contribution is 2.26. The van der Waals surface area contributed by atoms with Crippen LogP contribution >= 0.6 is 23.2 Å². The van der Waals surface area contributed by atoms with Gasteiger partial charge in [0.05, 0.1) is 10.5 Å². The fourth-order valence-electron chi connectivity index (χ4n) is 2.95. The monoisotopic (exact) mass is 412 g/mol. The molecule has 1 N–H and O–H groups in total. The summed E-state index contributed by atoms with van der Waals surface area (Å²) in [6.45, 7) is 0.949. The highest BCUT2D eigenvalue weighted by Gasteiger charge is 2.29. The van der Waals surface area contributed by atoms with Gasteiger partial charge in [0, 0.05) is 28.8 Å². The molecule has 2 aromatic rings. The van der Waals surface area contributed by atoms with Crippen LogP contribution < -0.4 is 5.32 Å². The molecule has 1 aliphatic rings. The summed E-state index contributed by atoms with van der Waals surface area (Å²) in [5, 5.41) is 3.42. The molecule has 2 aromatic carbocycles. The maximum Gasteiger partial charge on any atom is 0.257 e. The van der Waals surface area contributed by atoms with E-state index in [0.717, 1.165) is 19.3 Å². The van der Waals surface area contributed by atoms with Crippen LogP contribution in [0.15, 0.2) is 47.4 Å². The highest BCUT2D eigenvalue weighted by molar-refractivity contribution is 7.89. The van der Waals surface area contributed by atoms with Gasteiger partial charge >= 0.3 is 0 Å². The Morgan fingerprint density at radius 2 is 1.58 bits per heavy atom. The summed E-state index contributed by atoms with van der Waals surface area (Å²) in [5.41, 5.74) is 0.492. The first-order valence-electron chi connectivity index (χ1n) is 8.24. The molecule has 3 rings (SSSR count). The number of amides is 1. The first kappa shape index (κ1) is 19.2. The van der Waals surface area contributed by atoms with Gasteiger partial charge < -0.3 is 5.32 Å². The summed E-state index contributed by atoms with van der Waals surface area (Å²) in [6, 6.07) is 10.9. The van der Waals surface area contributed by atoms with Crippen LogP contribution in [-0.2, 0) is 10.0 Å². The Balaban J connectivity index is 1.92. The summed E-state index contributed by atoms with van der Waals surface area (Å²) in [5.74, 6) is -0.528. The number of hydrogen-bond acceptors (Lipinski definition) is 3. The van der Waals surface area contributed by atoms with E-state index >= 15 is 0 Å². The molecule has 26 heavy (non-hydrogen) atoms. The number of piperidine rings is 1. The van der Waals surface area contributed by atoms with Crippen molar-refractivity contribution in [2.75, 3.05) is 18.4 Å². The molecule has 138 valence electrons. The highest BCUT2D eigenvalue weighted by atomic mass is 35.5. The second-order valence-corrected chi connectivity index (χ2v) is 8.85.